The van der Waals surface area contributed by atoms with Crippen molar-refractivity contribution in [2.75, 3.05) is 24.6 Å². The highest BCUT2D eigenvalue weighted by Gasteiger charge is 2.03. The van der Waals surface area contributed by atoms with Gasteiger partial charge >= 0.3 is 0 Å². The molecule has 2 rings (SSSR count). The van der Waals surface area contributed by atoms with Gasteiger partial charge in [-0.05, 0) is 44.5 Å². The first-order valence-corrected chi connectivity index (χ1v) is 7.29. The van der Waals surface area contributed by atoms with Crippen molar-refractivity contribution in [1.82, 2.24) is 0 Å². The molecule has 0 spiro atoms. The maximum Gasteiger partial charge on any atom is 0.119 e. The Bertz CT molecular complexity index is 493. The van der Waals surface area contributed by atoms with Crippen LogP contribution in [0.5, 0.6) is 5.75 Å². The van der Waals surface area contributed by atoms with Crippen LogP contribution in [0.15, 0.2) is 54.6 Å². The first-order valence-electron chi connectivity index (χ1n) is 7.29. The summed E-state index contributed by atoms with van der Waals surface area (Å²) < 4.78 is 5.77. The van der Waals surface area contributed by atoms with Crippen molar-refractivity contribution < 1.29 is 4.74 Å². The minimum absolute atomic E-state index is 0.756. The zero-order valence-corrected chi connectivity index (χ0v) is 12.4. The van der Waals surface area contributed by atoms with Crippen LogP contribution >= 0.6 is 0 Å². The lowest BCUT2D eigenvalue weighted by atomic mass is 10.2. The standard InChI is InChI=1S/C18H23NO/c1-3-19(17-8-5-4-6-9-17)14-7-15-20-18-12-10-16(2)11-13-18/h4-6,8-13H,3,7,14-15H2,1-2H3. The molecule has 2 heteroatoms. The van der Waals surface area contributed by atoms with E-state index in [1.807, 2.05) is 12.1 Å². The van der Waals surface area contributed by atoms with E-state index < -0.39 is 0 Å². The third kappa shape index (κ3) is 4.30. The van der Waals surface area contributed by atoms with Gasteiger partial charge in [0.2, 0.25) is 0 Å². The Kier molecular flexibility index (Phi) is 5.48. The number of rotatable bonds is 7. The molecule has 0 N–H and O–H groups in total. The normalized spacial score (nSPS) is 10.3. The van der Waals surface area contributed by atoms with Gasteiger partial charge in [-0.2, -0.15) is 0 Å². The number of aryl methyl sites for hydroxylation is 1. The SMILES string of the molecule is CCN(CCCOc1ccc(C)cc1)c1ccccc1. The molecule has 0 amide bonds. The van der Waals surface area contributed by atoms with E-state index in [1.54, 1.807) is 0 Å². The fourth-order valence-electron chi connectivity index (χ4n) is 2.19. The molecule has 20 heavy (non-hydrogen) atoms. The summed E-state index contributed by atoms with van der Waals surface area (Å²) in [5.74, 6) is 0.957. The summed E-state index contributed by atoms with van der Waals surface area (Å²) in [4.78, 5) is 2.37. The van der Waals surface area contributed by atoms with Crippen molar-refractivity contribution in [1.29, 1.82) is 0 Å². The van der Waals surface area contributed by atoms with Gasteiger partial charge < -0.3 is 9.64 Å². The van der Waals surface area contributed by atoms with Crippen molar-refractivity contribution >= 4 is 5.69 Å². The molecule has 2 aromatic rings. The quantitative estimate of drug-likeness (QED) is 0.695. The van der Waals surface area contributed by atoms with E-state index >= 15 is 0 Å². The van der Waals surface area contributed by atoms with E-state index in [0.29, 0.717) is 0 Å². The van der Waals surface area contributed by atoms with Crippen molar-refractivity contribution in [3.05, 3.63) is 60.2 Å². The fraction of sp³-hybridized carbons (Fsp3) is 0.333. The Labute approximate surface area is 122 Å². The minimum Gasteiger partial charge on any atom is -0.494 e. The number of para-hydroxylation sites is 1. The molecule has 0 radical (unpaired) electrons. The topological polar surface area (TPSA) is 12.5 Å². The van der Waals surface area contributed by atoms with Crippen LogP contribution in [-0.4, -0.2) is 19.7 Å². The number of nitrogens with zero attached hydrogens (tertiary/aromatic N) is 1. The highest BCUT2D eigenvalue weighted by molar-refractivity contribution is 5.45. The fourth-order valence-corrected chi connectivity index (χ4v) is 2.19. The van der Waals surface area contributed by atoms with E-state index in [0.717, 1.165) is 31.9 Å². The highest BCUT2D eigenvalue weighted by Crippen LogP contribution is 2.14. The average molecular weight is 269 g/mol. The van der Waals surface area contributed by atoms with Crippen LogP contribution in [-0.2, 0) is 0 Å². The lowest BCUT2D eigenvalue weighted by Crippen LogP contribution is -2.25. The monoisotopic (exact) mass is 269 g/mol. The number of anilines is 1. The Morgan fingerprint density at radius 3 is 2.30 bits per heavy atom. The third-order valence-corrected chi connectivity index (χ3v) is 3.37. The van der Waals surface area contributed by atoms with Crippen LogP contribution in [0.3, 0.4) is 0 Å². The Hall–Kier alpha value is -1.96. The number of hydrogen-bond acceptors (Lipinski definition) is 2. The molecule has 0 aliphatic carbocycles. The lowest BCUT2D eigenvalue weighted by molar-refractivity contribution is 0.312. The maximum absolute atomic E-state index is 5.77. The van der Waals surface area contributed by atoms with Crippen molar-refractivity contribution in [3.63, 3.8) is 0 Å². The molecule has 2 nitrogen and oxygen atoms in total. The van der Waals surface area contributed by atoms with E-state index in [-0.39, 0.29) is 0 Å². The molecule has 0 saturated carbocycles. The molecule has 0 saturated heterocycles. The van der Waals surface area contributed by atoms with Gasteiger partial charge in [0.05, 0.1) is 6.61 Å². The number of ether oxygens (including phenoxy) is 1. The van der Waals surface area contributed by atoms with Crippen LogP contribution in [0.25, 0.3) is 0 Å². The summed E-state index contributed by atoms with van der Waals surface area (Å²) in [5.41, 5.74) is 2.55. The zero-order chi connectivity index (χ0) is 14.2. The van der Waals surface area contributed by atoms with E-state index in [4.69, 9.17) is 4.74 Å². The second-order valence-electron chi connectivity index (χ2n) is 4.93. The molecule has 106 valence electrons. The third-order valence-electron chi connectivity index (χ3n) is 3.37. The van der Waals surface area contributed by atoms with Crippen molar-refractivity contribution in [2.24, 2.45) is 0 Å². The van der Waals surface area contributed by atoms with Crippen LogP contribution in [0.1, 0.15) is 18.9 Å². The molecular weight excluding hydrogens is 246 g/mol. The Morgan fingerprint density at radius 2 is 1.65 bits per heavy atom. The predicted molar refractivity (Wildman–Crippen MR) is 85.6 cm³/mol. The molecule has 0 aliphatic heterocycles. The molecule has 2 aromatic carbocycles. The van der Waals surface area contributed by atoms with Gasteiger partial charge in [-0.3, -0.25) is 0 Å². The molecule has 0 heterocycles. The lowest BCUT2D eigenvalue weighted by Gasteiger charge is -2.23. The first kappa shape index (κ1) is 14.4. The number of benzene rings is 2. The second kappa shape index (κ2) is 7.59. The summed E-state index contributed by atoms with van der Waals surface area (Å²) in [6, 6.07) is 18.8. The van der Waals surface area contributed by atoms with Crippen molar-refractivity contribution in [3.8, 4) is 5.75 Å². The summed E-state index contributed by atoms with van der Waals surface area (Å²) in [6.07, 6.45) is 1.02. The first-order chi connectivity index (χ1) is 9.79. The van der Waals surface area contributed by atoms with Crippen LogP contribution in [0.2, 0.25) is 0 Å². The molecule has 0 fully saturated rings. The van der Waals surface area contributed by atoms with E-state index in [2.05, 4.69) is 61.2 Å². The number of hydrogen-bond donors (Lipinski definition) is 0. The molecule has 0 bridgehead atoms. The zero-order valence-electron chi connectivity index (χ0n) is 12.4. The summed E-state index contributed by atoms with van der Waals surface area (Å²) in [6.45, 7) is 7.07. The summed E-state index contributed by atoms with van der Waals surface area (Å²) in [5, 5.41) is 0. The van der Waals surface area contributed by atoms with Gasteiger partial charge in [0.15, 0.2) is 0 Å². The summed E-state index contributed by atoms with van der Waals surface area (Å²) >= 11 is 0. The van der Waals surface area contributed by atoms with Crippen LogP contribution in [0, 0.1) is 6.92 Å². The van der Waals surface area contributed by atoms with Crippen LogP contribution < -0.4 is 9.64 Å². The van der Waals surface area contributed by atoms with Gasteiger partial charge in [-0.1, -0.05) is 35.9 Å². The highest BCUT2D eigenvalue weighted by atomic mass is 16.5. The molecular formula is C18H23NO. The van der Waals surface area contributed by atoms with Crippen LogP contribution in [0.4, 0.5) is 5.69 Å². The smallest absolute Gasteiger partial charge is 0.119 e. The largest absolute Gasteiger partial charge is 0.494 e. The molecule has 0 aromatic heterocycles. The minimum atomic E-state index is 0.756. The molecule has 0 aliphatic rings. The van der Waals surface area contributed by atoms with E-state index in [1.165, 1.54) is 11.3 Å². The van der Waals surface area contributed by atoms with Gasteiger partial charge in [0, 0.05) is 18.8 Å². The van der Waals surface area contributed by atoms with E-state index in [9.17, 15) is 0 Å². The van der Waals surface area contributed by atoms with Gasteiger partial charge in [-0.25, -0.2) is 0 Å². The Balaban J connectivity index is 1.76. The molecule has 0 atom stereocenters. The van der Waals surface area contributed by atoms with Gasteiger partial charge in [0.1, 0.15) is 5.75 Å². The van der Waals surface area contributed by atoms with Gasteiger partial charge in [0.25, 0.3) is 0 Å². The Morgan fingerprint density at radius 1 is 0.950 bits per heavy atom. The second-order valence-corrected chi connectivity index (χ2v) is 4.93. The predicted octanol–water partition coefficient (Wildman–Crippen LogP) is 4.29. The summed E-state index contributed by atoms with van der Waals surface area (Å²) in [7, 11) is 0. The molecule has 0 unspecified atom stereocenters. The van der Waals surface area contributed by atoms with Gasteiger partial charge in [-0.15, -0.1) is 0 Å². The maximum atomic E-state index is 5.77. The average Bonchev–Trinajstić information content (AvgIpc) is 2.50. The van der Waals surface area contributed by atoms with Crippen molar-refractivity contribution in [2.45, 2.75) is 20.3 Å².